The van der Waals surface area contributed by atoms with Crippen molar-refractivity contribution in [3.63, 3.8) is 0 Å². The molecule has 0 saturated heterocycles. The highest BCUT2D eigenvalue weighted by molar-refractivity contribution is 5.80. The van der Waals surface area contributed by atoms with E-state index in [4.69, 9.17) is 5.73 Å². The number of rotatable bonds is 6. The number of hydrogen-bond acceptors (Lipinski definition) is 3. The van der Waals surface area contributed by atoms with Gasteiger partial charge in [0.25, 0.3) is 0 Å². The highest BCUT2D eigenvalue weighted by atomic mass is 16.3. The Bertz CT molecular complexity index is 168. The number of nitrogens with one attached hydrogen (secondary N) is 1. The van der Waals surface area contributed by atoms with Gasteiger partial charge in [0.2, 0.25) is 5.91 Å². The highest BCUT2D eigenvalue weighted by Crippen LogP contribution is 2.11. The van der Waals surface area contributed by atoms with Crippen LogP contribution in [0.3, 0.4) is 0 Å². The van der Waals surface area contributed by atoms with Gasteiger partial charge in [-0.2, -0.15) is 0 Å². The highest BCUT2D eigenvalue weighted by Gasteiger charge is 2.16. The number of carbonyl (C=O) groups excluding carboxylic acids is 1. The molecule has 0 fully saturated rings. The molecule has 14 heavy (non-hydrogen) atoms. The van der Waals surface area contributed by atoms with Crippen molar-refractivity contribution in [1.29, 1.82) is 0 Å². The van der Waals surface area contributed by atoms with E-state index in [-0.39, 0.29) is 11.8 Å². The lowest BCUT2D eigenvalue weighted by Gasteiger charge is -2.20. The Labute approximate surface area is 85.9 Å². The van der Waals surface area contributed by atoms with Gasteiger partial charge in [0, 0.05) is 6.54 Å². The molecule has 0 radical (unpaired) electrons. The Morgan fingerprint density at radius 2 is 1.93 bits per heavy atom. The summed E-state index contributed by atoms with van der Waals surface area (Å²) >= 11 is 0. The van der Waals surface area contributed by atoms with Gasteiger partial charge in [0.15, 0.2) is 0 Å². The molecule has 2 atom stereocenters. The number of nitrogens with two attached hydrogens (primary N) is 1. The summed E-state index contributed by atoms with van der Waals surface area (Å²) in [5, 5.41) is 12.3. The molecule has 0 aromatic carbocycles. The standard InChI is InChI=1S/C10H22N2O2/c1-4-8(5-2)9(13)6-12-10(14)7(3)11/h7-9,13H,4-6,11H2,1-3H3,(H,12,14)/t7-,9?/m0/s1. The fourth-order valence-corrected chi connectivity index (χ4v) is 1.37. The van der Waals surface area contributed by atoms with Crippen LogP contribution in [-0.2, 0) is 4.79 Å². The van der Waals surface area contributed by atoms with Gasteiger partial charge in [-0.05, 0) is 12.8 Å². The van der Waals surface area contributed by atoms with E-state index in [1.807, 2.05) is 13.8 Å². The van der Waals surface area contributed by atoms with Gasteiger partial charge in [0.1, 0.15) is 0 Å². The zero-order valence-corrected chi connectivity index (χ0v) is 9.29. The maximum absolute atomic E-state index is 11.1. The number of hydrogen-bond donors (Lipinski definition) is 3. The van der Waals surface area contributed by atoms with Gasteiger partial charge < -0.3 is 16.2 Å². The molecule has 1 amide bonds. The van der Waals surface area contributed by atoms with Gasteiger partial charge in [0.05, 0.1) is 12.1 Å². The van der Waals surface area contributed by atoms with Crippen LogP contribution in [0.2, 0.25) is 0 Å². The van der Waals surface area contributed by atoms with E-state index in [0.29, 0.717) is 6.54 Å². The van der Waals surface area contributed by atoms with Gasteiger partial charge in [-0.1, -0.05) is 26.7 Å². The van der Waals surface area contributed by atoms with Crippen molar-refractivity contribution in [3.05, 3.63) is 0 Å². The maximum atomic E-state index is 11.1. The van der Waals surface area contributed by atoms with Gasteiger partial charge in [-0.3, -0.25) is 4.79 Å². The third-order valence-corrected chi connectivity index (χ3v) is 2.49. The van der Waals surface area contributed by atoms with E-state index in [2.05, 4.69) is 5.32 Å². The Kier molecular flexibility index (Phi) is 6.49. The topological polar surface area (TPSA) is 75.3 Å². The monoisotopic (exact) mass is 202 g/mol. The summed E-state index contributed by atoms with van der Waals surface area (Å²) < 4.78 is 0. The van der Waals surface area contributed by atoms with E-state index < -0.39 is 12.1 Å². The minimum atomic E-state index is -0.510. The van der Waals surface area contributed by atoms with Crippen LogP contribution in [0.1, 0.15) is 33.6 Å². The molecule has 0 heterocycles. The first-order chi connectivity index (χ1) is 6.52. The Hall–Kier alpha value is -0.610. The van der Waals surface area contributed by atoms with E-state index in [0.717, 1.165) is 12.8 Å². The maximum Gasteiger partial charge on any atom is 0.236 e. The molecular weight excluding hydrogens is 180 g/mol. The molecule has 0 aromatic rings. The molecular formula is C10H22N2O2. The molecule has 4 nitrogen and oxygen atoms in total. The Balaban J connectivity index is 3.83. The SMILES string of the molecule is CCC(CC)C(O)CNC(=O)[C@H](C)N. The van der Waals surface area contributed by atoms with Crippen LogP contribution < -0.4 is 11.1 Å². The van der Waals surface area contributed by atoms with Gasteiger partial charge in [-0.15, -0.1) is 0 Å². The summed E-state index contributed by atoms with van der Waals surface area (Å²) in [7, 11) is 0. The smallest absolute Gasteiger partial charge is 0.236 e. The lowest BCUT2D eigenvalue weighted by molar-refractivity contribution is -0.122. The number of carbonyl (C=O) groups is 1. The second-order valence-corrected chi connectivity index (χ2v) is 3.68. The van der Waals surface area contributed by atoms with Crippen LogP contribution in [0.25, 0.3) is 0 Å². The number of amides is 1. The molecule has 0 aliphatic rings. The second kappa shape index (κ2) is 6.79. The molecule has 84 valence electrons. The average molecular weight is 202 g/mol. The summed E-state index contributed by atoms with van der Waals surface area (Å²) in [6.07, 6.45) is 1.38. The molecule has 0 aliphatic carbocycles. The van der Waals surface area contributed by atoms with Crippen molar-refractivity contribution in [1.82, 2.24) is 5.32 Å². The lowest BCUT2D eigenvalue weighted by Crippen LogP contribution is -2.43. The molecule has 0 spiro atoms. The number of aliphatic hydroxyl groups excluding tert-OH is 1. The lowest BCUT2D eigenvalue weighted by atomic mass is 9.96. The summed E-state index contributed by atoms with van der Waals surface area (Å²) in [5.41, 5.74) is 5.37. The van der Waals surface area contributed by atoms with Crippen molar-refractivity contribution in [3.8, 4) is 0 Å². The molecule has 0 rings (SSSR count). The van der Waals surface area contributed by atoms with Gasteiger partial charge in [-0.25, -0.2) is 0 Å². The largest absolute Gasteiger partial charge is 0.391 e. The molecule has 4 heteroatoms. The van der Waals surface area contributed by atoms with Crippen LogP contribution in [0.15, 0.2) is 0 Å². The summed E-state index contributed by atoms with van der Waals surface area (Å²) in [5.74, 6) is 0.0402. The third-order valence-electron chi connectivity index (χ3n) is 2.49. The van der Waals surface area contributed by atoms with Crippen LogP contribution in [0.4, 0.5) is 0 Å². The average Bonchev–Trinajstić information content (AvgIpc) is 2.15. The third kappa shape index (κ3) is 4.58. The molecule has 1 unspecified atom stereocenters. The van der Waals surface area contributed by atoms with E-state index in [1.54, 1.807) is 6.92 Å². The Morgan fingerprint density at radius 3 is 2.29 bits per heavy atom. The molecule has 0 aliphatic heterocycles. The van der Waals surface area contributed by atoms with Crippen molar-refractivity contribution < 1.29 is 9.90 Å². The van der Waals surface area contributed by atoms with E-state index in [1.165, 1.54) is 0 Å². The predicted octanol–water partition coefficient (Wildman–Crippen LogP) is 0.247. The molecule has 0 saturated carbocycles. The molecule has 0 bridgehead atoms. The van der Waals surface area contributed by atoms with E-state index in [9.17, 15) is 9.90 Å². The normalized spacial score (nSPS) is 15.3. The summed E-state index contributed by atoms with van der Waals surface area (Å²) in [6.45, 7) is 5.99. The van der Waals surface area contributed by atoms with Gasteiger partial charge >= 0.3 is 0 Å². The van der Waals surface area contributed by atoms with Crippen LogP contribution in [0.5, 0.6) is 0 Å². The first-order valence-electron chi connectivity index (χ1n) is 5.24. The van der Waals surface area contributed by atoms with E-state index >= 15 is 0 Å². The minimum Gasteiger partial charge on any atom is -0.391 e. The van der Waals surface area contributed by atoms with Crippen LogP contribution >= 0.6 is 0 Å². The number of aliphatic hydroxyl groups is 1. The van der Waals surface area contributed by atoms with Crippen molar-refractivity contribution in [2.24, 2.45) is 11.7 Å². The van der Waals surface area contributed by atoms with Crippen LogP contribution in [0, 0.1) is 5.92 Å². The fourth-order valence-electron chi connectivity index (χ4n) is 1.37. The fraction of sp³-hybridized carbons (Fsp3) is 0.900. The van der Waals surface area contributed by atoms with Crippen molar-refractivity contribution in [2.45, 2.75) is 45.8 Å². The summed E-state index contributed by atoms with van der Waals surface area (Å²) in [6, 6.07) is -0.510. The summed E-state index contributed by atoms with van der Waals surface area (Å²) in [4.78, 5) is 11.1. The predicted molar refractivity (Wildman–Crippen MR) is 56.7 cm³/mol. The van der Waals surface area contributed by atoms with Crippen molar-refractivity contribution in [2.75, 3.05) is 6.54 Å². The minimum absolute atomic E-state index is 0.213. The zero-order chi connectivity index (χ0) is 11.1. The zero-order valence-electron chi connectivity index (χ0n) is 9.29. The van der Waals surface area contributed by atoms with Crippen molar-refractivity contribution >= 4 is 5.91 Å². The second-order valence-electron chi connectivity index (χ2n) is 3.68. The first-order valence-corrected chi connectivity index (χ1v) is 5.24. The van der Waals surface area contributed by atoms with Crippen LogP contribution in [-0.4, -0.2) is 29.7 Å². The molecule has 0 aromatic heterocycles. The first kappa shape index (κ1) is 13.4. The Morgan fingerprint density at radius 1 is 1.43 bits per heavy atom. The quantitative estimate of drug-likeness (QED) is 0.578. The molecule has 4 N–H and O–H groups in total.